The van der Waals surface area contributed by atoms with Gasteiger partial charge in [0.05, 0.1) is 10.2 Å². The van der Waals surface area contributed by atoms with Crippen molar-refractivity contribution in [3.05, 3.63) is 52.0 Å². The van der Waals surface area contributed by atoms with Crippen LogP contribution < -0.4 is 10.6 Å². The van der Waals surface area contributed by atoms with Crippen molar-refractivity contribution >= 4 is 57.0 Å². The number of hydrogen-bond donors (Lipinski definition) is 3. The van der Waals surface area contributed by atoms with Crippen LogP contribution >= 0.6 is 23.6 Å². The van der Waals surface area contributed by atoms with E-state index in [0.29, 0.717) is 20.9 Å². The van der Waals surface area contributed by atoms with Gasteiger partial charge in [-0.05, 0) is 48.6 Å². The number of anilines is 2. The summed E-state index contributed by atoms with van der Waals surface area (Å²) in [5, 5.41) is 5.51. The van der Waals surface area contributed by atoms with Gasteiger partial charge in [-0.15, -0.1) is 11.3 Å². The highest BCUT2D eigenvalue weighted by Gasteiger charge is 2.08. The largest absolute Gasteiger partial charge is 0.337 e. The summed E-state index contributed by atoms with van der Waals surface area (Å²) in [6, 6.07) is 12.4. The Morgan fingerprint density at radius 1 is 1.09 bits per heavy atom. The minimum Gasteiger partial charge on any atom is -0.337 e. The molecule has 0 aliphatic heterocycles. The van der Waals surface area contributed by atoms with Crippen molar-refractivity contribution in [3.63, 3.8) is 0 Å². The molecule has 1 aromatic heterocycles. The second kappa shape index (κ2) is 6.31. The van der Waals surface area contributed by atoms with Crippen molar-refractivity contribution in [2.24, 2.45) is 0 Å². The van der Waals surface area contributed by atoms with Crippen molar-refractivity contribution in [1.82, 2.24) is 4.98 Å². The predicted molar refractivity (Wildman–Crippen MR) is 95.7 cm³/mol. The highest BCUT2D eigenvalue weighted by atomic mass is 32.1. The van der Waals surface area contributed by atoms with E-state index in [1.54, 1.807) is 24.3 Å². The molecule has 2 amide bonds. The maximum atomic E-state index is 12.3. The molecule has 3 N–H and O–H groups in total. The molecule has 0 saturated heterocycles. The lowest BCUT2D eigenvalue weighted by Gasteiger charge is -2.07. The number of benzene rings is 2. The molecule has 0 atom stereocenters. The fraction of sp³-hybridized carbons (Fsp3) is 0.0625. The lowest BCUT2D eigenvalue weighted by molar-refractivity contribution is -0.114. The molecule has 3 rings (SSSR count). The molecule has 5 nitrogen and oxygen atoms in total. The van der Waals surface area contributed by atoms with Crippen LogP contribution in [0.1, 0.15) is 17.3 Å². The van der Waals surface area contributed by atoms with Crippen LogP contribution in [0.2, 0.25) is 0 Å². The molecule has 0 radical (unpaired) electrons. The Morgan fingerprint density at radius 3 is 2.65 bits per heavy atom. The average molecular weight is 343 g/mol. The molecule has 0 aliphatic rings. The number of H-pyrrole nitrogens is 1. The lowest BCUT2D eigenvalue weighted by Crippen LogP contribution is -2.13. The summed E-state index contributed by atoms with van der Waals surface area (Å²) in [5.74, 6) is -0.419. The van der Waals surface area contributed by atoms with Crippen LogP contribution in [0, 0.1) is 3.95 Å². The topological polar surface area (TPSA) is 74.0 Å². The summed E-state index contributed by atoms with van der Waals surface area (Å²) >= 11 is 6.57. The summed E-state index contributed by atoms with van der Waals surface area (Å²) in [7, 11) is 0. The highest BCUT2D eigenvalue weighted by molar-refractivity contribution is 7.73. The zero-order valence-electron chi connectivity index (χ0n) is 12.2. The van der Waals surface area contributed by atoms with E-state index in [9.17, 15) is 9.59 Å². The second-order valence-electron chi connectivity index (χ2n) is 4.94. The van der Waals surface area contributed by atoms with E-state index in [2.05, 4.69) is 15.6 Å². The molecular formula is C16H13N3O2S2. The summed E-state index contributed by atoms with van der Waals surface area (Å²) in [5.41, 5.74) is 2.70. The average Bonchev–Trinajstić information content (AvgIpc) is 2.86. The van der Waals surface area contributed by atoms with E-state index >= 15 is 0 Å². The van der Waals surface area contributed by atoms with Crippen LogP contribution in [0.25, 0.3) is 10.2 Å². The first-order valence-electron chi connectivity index (χ1n) is 6.83. The van der Waals surface area contributed by atoms with Gasteiger partial charge in [-0.2, -0.15) is 0 Å². The van der Waals surface area contributed by atoms with Gasteiger partial charge in [-0.3, -0.25) is 9.59 Å². The van der Waals surface area contributed by atoms with E-state index in [1.165, 1.54) is 18.3 Å². The Balaban J connectivity index is 1.82. The fourth-order valence-electron chi connectivity index (χ4n) is 2.17. The predicted octanol–water partition coefficient (Wildman–Crippen LogP) is 4.17. The van der Waals surface area contributed by atoms with Gasteiger partial charge in [0.2, 0.25) is 5.91 Å². The molecule has 0 spiro atoms. The number of hydrogen-bond acceptors (Lipinski definition) is 4. The van der Waals surface area contributed by atoms with E-state index in [-0.39, 0.29) is 11.8 Å². The molecule has 23 heavy (non-hydrogen) atoms. The lowest BCUT2D eigenvalue weighted by atomic mass is 10.2. The third kappa shape index (κ3) is 3.64. The molecule has 7 heteroatoms. The molecule has 116 valence electrons. The minimum absolute atomic E-state index is 0.179. The van der Waals surface area contributed by atoms with Crippen LogP contribution in [0.4, 0.5) is 11.4 Å². The number of amides is 2. The van der Waals surface area contributed by atoms with Crippen LogP contribution in [-0.4, -0.2) is 16.8 Å². The number of rotatable bonds is 3. The Bertz CT molecular complexity index is 959. The second-order valence-corrected chi connectivity index (χ2v) is 6.66. The molecular weight excluding hydrogens is 330 g/mol. The van der Waals surface area contributed by atoms with Crippen molar-refractivity contribution in [1.29, 1.82) is 0 Å². The number of thiazole rings is 1. The van der Waals surface area contributed by atoms with Crippen LogP contribution in [0.3, 0.4) is 0 Å². The van der Waals surface area contributed by atoms with Gasteiger partial charge in [0.15, 0.2) is 3.95 Å². The fourth-order valence-corrected chi connectivity index (χ4v) is 3.32. The summed E-state index contributed by atoms with van der Waals surface area (Å²) in [6.45, 7) is 1.42. The van der Waals surface area contributed by atoms with E-state index in [0.717, 1.165) is 10.2 Å². The van der Waals surface area contributed by atoms with Gasteiger partial charge < -0.3 is 15.6 Å². The molecule has 3 aromatic rings. The molecule has 2 aromatic carbocycles. The normalized spacial score (nSPS) is 10.5. The first kappa shape index (κ1) is 15.4. The molecule has 0 bridgehead atoms. The Kier molecular flexibility index (Phi) is 4.22. The Hall–Kier alpha value is -2.51. The third-order valence-electron chi connectivity index (χ3n) is 3.12. The Morgan fingerprint density at radius 2 is 1.87 bits per heavy atom. The number of carbonyl (C=O) groups is 2. The van der Waals surface area contributed by atoms with E-state index < -0.39 is 0 Å². The monoisotopic (exact) mass is 343 g/mol. The number of fused-ring (bicyclic) bond motifs is 1. The van der Waals surface area contributed by atoms with Crippen molar-refractivity contribution in [3.8, 4) is 0 Å². The van der Waals surface area contributed by atoms with Gasteiger partial charge in [0.1, 0.15) is 0 Å². The van der Waals surface area contributed by atoms with Gasteiger partial charge >= 0.3 is 0 Å². The molecule has 0 saturated carbocycles. The maximum Gasteiger partial charge on any atom is 0.255 e. The van der Waals surface area contributed by atoms with Gasteiger partial charge in [0, 0.05) is 23.9 Å². The standard InChI is InChI=1S/C16H13N3O2S2/c1-9(20)17-11-4-2-3-10(7-11)15(21)18-12-5-6-13-14(8-12)23-16(22)19-13/h2-8H,1H3,(H,17,20)(H,18,21)(H,19,22). The minimum atomic E-state index is -0.240. The number of aromatic amines is 1. The van der Waals surface area contributed by atoms with Gasteiger partial charge in [-0.25, -0.2) is 0 Å². The number of carbonyl (C=O) groups excluding carboxylic acids is 2. The molecule has 1 heterocycles. The van der Waals surface area contributed by atoms with Crippen molar-refractivity contribution < 1.29 is 9.59 Å². The van der Waals surface area contributed by atoms with Crippen LogP contribution in [0.5, 0.6) is 0 Å². The maximum absolute atomic E-state index is 12.3. The molecule has 0 unspecified atom stereocenters. The van der Waals surface area contributed by atoms with Gasteiger partial charge in [-0.1, -0.05) is 6.07 Å². The van der Waals surface area contributed by atoms with E-state index in [1.807, 2.05) is 18.2 Å². The zero-order chi connectivity index (χ0) is 16.4. The van der Waals surface area contributed by atoms with Crippen molar-refractivity contribution in [2.45, 2.75) is 6.92 Å². The van der Waals surface area contributed by atoms with Crippen molar-refractivity contribution in [2.75, 3.05) is 10.6 Å². The van der Waals surface area contributed by atoms with Gasteiger partial charge in [0.25, 0.3) is 5.91 Å². The molecule has 0 fully saturated rings. The summed E-state index contributed by atoms with van der Waals surface area (Å²) in [6.07, 6.45) is 0. The summed E-state index contributed by atoms with van der Waals surface area (Å²) < 4.78 is 1.69. The van der Waals surface area contributed by atoms with E-state index in [4.69, 9.17) is 12.2 Å². The first-order chi connectivity index (χ1) is 11.0. The Labute approximate surface area is 141 Å². The van der Waals surface area contributed by atoms with Crippen LogP contribution in [-0.2, 0) is 4.79 Å². The third-order valence-corrected chi connectivity index (χ3v) is 4.32. The SMILES string of the molecule is CC(=O)Nc1cccc(C(=O)Nc2ccc3[nH]c(=S)sc3c2)c1. The quantitative estimate of drug-likeness (QED) is 0.625. The molecule has 0 aliphatic carbocycles. The smallest absolute Gasteiger partial charge is 0.255 e. The van der Waals surface area contributed by atoms with Crippen LogP contribution in [0.15, 0.2) is 42.5 Å². The highest BCUT2D eigenvalue weighted by Crippen LogP contribution is 2.23. The number of nitrogens with one attached hydrogen (secondary N) is 3. The first-order valence-corrected chi connectivity index (χ1v) is 8.05. The summed E-state index contributed by atoms with van der Waals surface area (Å²) in [4.78, 5) is 26.5. The number of aromatic nitrogens is 1. The zero-order valence-corrected chi connectivity index (χ0v) is 13.8.